The van der Waals surface area contributed by atoms with Gasteiger partial charge in [0.15, 0.2) is 6.73 Å². The van der Waals surface area contributed by atoms with Gasteiger partial charge in [0.25, 0.3) is 0 Å². The van der Waals surface area contributed by atoms with Crippen molar-refractivity contribution in [3.05, 3.63) is 58.6 Å². The van der Waals surface area contributed by atoms with Crippen molar-refractivity contribution in [2.75, 3.05) is 18.2 Å². The second kappa shape index (κ2) is 7.88. The fraction of sp³-hybridized carbons (Fsp3) is 0.278. The Morgan fingerprint density at radius 3 is 2.35 bits per heavy atom. The van der Waals surface area contributed by atoms with Crippen LogP contribution < -0.4 is 15.0 Å². The normalized spacial score (nSPS) is 10.3. The first-order valence-corrected chi connectivity index (χ1v) is 7.90. The molecule has 1 N–H and O–H groups in total. The van der Waals surface area contributed by atoms with Gasteiger partial charge in [-0.2, -0.15) is 0 Å². The number of ether oxygens (including phenoxy) is 1. The van der Waals surface area contributed by atoms with Gasteiger partial charge < -0.3 is 10.1 Å². The quantitative estimate of drug-likeness (QED) is 0.817. The number of nitrogens with one attached hydrogen (secondary N) is 1. The van der Waals surface area contributed by atoms with Crippen molar-refractivity contribution >= 4 is 23.3 Å². The predicted molar refractivity (Wildman–Crippen MR) is 94.4 cm³/mol. The van der Waals surface area contributed by atoms with Gasteiger partial charge in [0.05, 0.1) is 0 Å². The number of hydrogen-bond acceptors (Lipinski definition) is 2. The Kier molecular flexibility index (Phi) is 5.88. The minimum Gasteiger partial charge on any atom is -0.473 e. The number of halogens is 1. The molecule has 0 saturated carbocycles. The van der Waals surface area contributed by atoms with Crippen LogP contribution in [0.25, 0.3) is 0 Å². The number of carbonyl (C=O) groups excluding carboxylic acids is 1. The van der Waals surface area contributed by atoms with Crippen molar-refractivity contribution in [3.63, 3.8) is 0 Å². The molecule has 122 valence electrons. The molecule has 0 unspecified atom stereocenters. The Bertz CT molecular complexity index is 651. The standard InChI is InChI=1S/C18H21ClN2O2/c1-4-21(15-8-6-5-7-9-15)18(22)20-12-23-16-10-13(2)17(19)14(3)11-16/h5-11H,4,12H2,1-3H3,(H,20,22). The van der Waals surface area contributed by atoms with Crippen molar-refractivity contribution in [2.45, 2.75) is 20.8 Å². The molecule has 2 amide bonds. The second-order valence-corrected chi connectivity index (χ2v) is 5.60. The number of carbonyl (C=O) groups is 1. The van der Waals surface area contributed by atoms with E-state index in [-0.39, 0.29) is 12.8 Å². The van der Waals surface area contributed by atoms with Crippen LogP contribution in [-0.2, 0) is 0 Å². The summed E-state index contributed by atoms with van der Waals surface area (Å²) in [4.78, 5) is 13.9. The summed E-state index contributed by atoms with van der Waals surface area (Å²) in [6.07, 6.45) is 0. The molecule has 0 aliphatic carbocycles. The molecular weight excluding hydrogens is 312 g/mol. The SMILES string of the molecule is CCN(C(=O)NCOc1cc(C)c(Cl)c(C)c1)c1ccccc1. The highest BCUT2D eigenvalue weighted by atomic mass is 35.5. The van der Waals surface area contributed by atoms with Gasteiger partial charge >= 0.3 is 6.03 Å². The number of amides is 2. The fourth-order valence-electron chi connectivity index (χ4n) is 2.32. The number of nitrogens with zero attached hydrogens (tertiary/aromatic N) is 1. The molecule has 0 radical (unpaired) electrons. The van der Waals surface area contributed by atoms with Gasteiger partial charge in [0, 0.05) is 17.3 Å². The average molecular weight is 333 g/mol. The average Bonchev–Trinajstić information content (AvgIpc) is 2.54. The van der Waals surface area contributed by atoms with Crippen LogP contribution in [-0.4, -0.2) is 19.3 Å². The van der Waals surface area contributed by atoms with Crippen molar-refractivity contribution in [1.82, 2.24) is 5.32 Å². The van der Waals surface area contributed by atoms with E-state index in [1.54, 1.807) is 4.90 Å². The first kappa shape index (κ1) is 17.2. The van der Waals surface area contributed by atoms with Gasteiger partial charge in [0.1, 0.15) is 5.75 Å². The Morgan fingerprint density at radius 2 is 1.78 bits per heavy atom. The van der Waals surface area contributed by atoms with Crippen molar-refractivity contribution in [3.8, 4) is 5.75 Å². The van der Waals surface area contributed by atoms with E-state index in [0.717, 1.165) is 21.8 Å². The zero-order valence-corrected chi connectivity index (χ0v) is 14.4. The second-order valence-electron chi connectivity index (χ2n) is 5.22. The third-order valence-corrected chi connectivity index (χ3v) is 4.10. The topological polar surface area (TPSA) is 41.6 Å². The van der Waals surface area contributed by atoms with E-state index in [9.17, 15) is 4.79 Å². The van der Waals surface area contributed by atoms with Crippen LogP contribution in [0.15, 0.2) is 42.5 Å². The van der Waals surface area contributed by atoms with Crippen molar-refractivity contribution in [2.24, 2.45) is 0 Å². The third kappa shape index (κ3) is 4.39. The van der Waals surface area contributed by atoms with Crippen molar-refractivity contribution in [1.29, 1.82) is 0 Å². The minimum atomic E-state index is -0.193. The Balaban J connectivity index is 1.94. The monoisotopic (exact) mass is 332 g/mol. The molecule has 0 aliphatic heterocycles. The molecule has 0 saturated heterocycles. The Labute approximate surface area is 142 Å². The van der Waals surface area contributed by atoms with Gasteiger partial charge in [-0.15, -0.1) is 0 Å². The van der Waals surface area contributed by atoms with E-state index in [1.807, 2.05) is 63.2 Å². The number of hydrogen-bond donors (Lipinski definition) is 1. The van der Waals surface area contributed by atoms with Crippen LogP contribution in [0.5, 0.6) is 5.75 Å². The molecule has 5 heteroatoms. The number of para-hydroxylation sites is 1. The van der Waals surface area contributed by atoms with Crippen LogP contribution in [0.3, 0.4) is 0 Å². The third-order valence-electron chi connectivity index (χ3n) is 3.50. The maximum Gasteiger partial charge on any atom is 0.324 e. The predicted octanol–water partition coefficient (Wildman–Crippen LogP) is 4.53. The first-order chi connectivity index (χ1) is 11.0. The summed E-state index contributed by atoms with van der Waals surface area (Å²) in [5.41, 5.74) is 2.76. The zero-order chi connectivity index (χ0) is 16.8. The number of benzene rings is 2. The number of rotatable bonds is 5. The van der Waals surface area contributed by atoms with Gasteiger partial charge in [0.2, 0.25) is 0 Å². The van der Waals surface area contributed by atoms with Gasteiger partial charge in [-0.25, -0.2) is 4.79 Å². The summed E-state index contributed by atoms with van der Waals surface area (Å²) in [6.45, 7) is 6.46. The molecule has 2 rings (SSSR count). The highest BCUT2D eigenvalue weighted by Gasteiger charge is 2.13. The van der Waals surface area contributed by atoms with Crippen LogP contribution in [0, 0.1) is 13.8 Å². The first-order valence-electron chi connectivity index (χ1n) is 7.53. The molecule has 0 bridgehead atoms. The molecule has 2 aromatic carbocycles. The van der Waals surface area contributed by atoms with Crippen LogP contribution in [0.4, 0.5) is 10.5 Å². The fourth-order valence-corrected chi connectivity index (χ4v) is 2.43. The van der Waals surface area contributed by atoms with Gasteiger partial charge in [-0.3, -0.25) is 4.90 Å². The molecular formula is C18H21ClN2O2. The lowest BCUT2D eigenvalue weighted by Gasteiger charge is -2.21. The smallest absolute Gasteiger partial charge is 0.324 e. The molecule has 0 heterocycles. The number of aryl methyl sites for hydroxylation is 2. The molecule has 23 heavy (non-hydrogen) atoms. The van der Waals surface area contributed by atoms with E-state index < -0.39 is 0 Å². The van der Waals surface area contributed by atoms with Gasteiger partial charge in [-0.1, -0.05) is 29.8 Å². The Hall–Kier alpha value is -2.20. The molecule has 0 fully saturated rings. The summed E-state index contributed by atoms with van der Waals surface area (Å²) >= 11 is 6.13. The molecule has 0 aromatic heterocycles. The van der Waals surface area contributed by atoms with E-state index in [4.69, 9.17) is 16.3 Å². The van der Waals surface area contributed by atoms with Crippen molar-refractivity contribution < 1.29 is 9.53 Å². The maximum atomic E-state index is 12.3. The van der Waals surface area contributed by atoms with E-state index >= 15 is 0 Å². The minimum absolute atomic E-state index is 0.0999. The van der Waals surface area contributed by atoms with E-state index in [0.29, 0.717) is 12.3 Å². The summed E-state index contributed by atoms with van der Waals surface area (Å²) in [6, 6.07) is 13.0. The lowest BCUT2D eigenvalue weighted by Crippen LogP contribution is -2.41. The number of urea groups is 1. The largest absolute Gasteiger partial charge is 0.473 e. The summed E-state index contributed by atoms with van der Waals surface area (Å²) in [7, 11) is 0. The highest BCUT2D eigenvalue weighted by molar-refractivity contribution is 6.32. The summed E-state index contributed by atoms with van der Waals surface area (Å²) in [5, 5.41) is 3.50. The summed E-state index contributed by atoms with van der Waals surface area (Å²) in [5.74, 6) is 0.687. The lowest BCUT2D eigenvalue weighted by molar-refractivity contribution is 0.229. The molecule has 0 atom stereocenters. The molecule has 0 aliphatic rings. The van der Waals surface area contributed by atoms with E-state index in [2.05, 4.69) is 5.32 Å². The van der Waals surface area contributed by atoms with Gasteiger partial charge in [-0.05, 0) is 56.2 Å². The highest BCUT2D eigenvalue weighted by Crippen LogP contribution is 2.25. The lowest BCUT2D eigenvalue weighted by atomic mass is 10.1. The maximum absolute atomic E-state index is 12.3. The van der Waals surface area contributed by atoms with Crippen LogP contribution in [0.1, 0.15) is 18.1 Å². The number of anilines is 1. The molecule has 2 aromatic rings. The van der Waals surface area contributed by atoms with E-state index in [1.165, 1.54) is 0 Å². The Morgan fingerprint density at radius 1 is 1.17 bits per heavy atom. The van der Waals surface area contributed by atoms with Crippen LogP contribution >= 0.6 is 11.6 Å². The molecule has 0 spiro atoms. The zero-order valence-electron chi connectivity index (χ0n) is 13.6. The summed E-state index contributed by atoms with van der Waals surface area (Å²) < 4.78 is 5.61. The van der Waals surface area contributed by atoms with Crippen LogP contribution in [0.2, 0.25) is 5.02 Å². The molecule has 4 nitrogen and oxygen atoms in total.